The van der Waals surface area contributed by atoms with Crippen molar-refractivity contribution in [3.63, 3.8) is 0 Å². The van der Waals surface area contributed by atoms with Crippen LogP contribution in [0.3, 0.4) is 0 Å². The second-order valence-corrected chi connectivity index (χ2v) is 18.8. The fourth-order valence-corrected chi connectivity index (χ4v) is 8.70. The van der Waals surface area contributed by atoms with E-state index in [2.05, 4.69) is 31.3 Å². The zero-order valence-electron chi connectivity index (χ0n) is 40.2. The fraction of sp³-hybridized carbons (Fsp3) is 0.944. The first-order valence-corrected chi connectivity index (χ1v) is 27.0. The summed E-state index contributed by atoms with van der Waals surface area (Å²) in [6.45, 7) is 4.21. The fourth-order valence-electron chi connectivity index (χ4n) is 8.70. The number of aliphatic hydroxyl groups is 3. The number of rotatable bonds is 50. The highest BCUT2D eigenvalue weighted by Gasteiger charge is 2.26. The van der Waals surface area contributed by atoms with Crippen molar-refractivity contribution >= 4 is 5.91 Å². The molecule has 0 spiro atoms. The average Bonchev–Trinajstić information content (AvgIpc) is 3.24. The molecule has 352 valence electrons. The van der Waals surface area contributed by atoms with E-state index in [0.717, 1.165) is 38.5 Å². The summed E-state index contributed by atoms with van der Waals surface area (Å²) in [5.74, 6) is -0.147. The SMILES string of the molecule is CCCCCCCCCCCCCCCCCC/C=C/CCCC(O)C(O)C(CO)NC(=O)CCCCCCCCCCCCCCCCCCCCCCCCCC. The number of nitrogens with one attached hydrogen (secondary N) is 1. The molecule has 0 heterocycles. The van der Waals surface area contributed by atoms with E-state index >= 15 is 0 Å². The van der Waals surface area contributed by atoms with Crippen molar-refractivity contribution in [1.82, 2.24) is 5.32 Å². The quantitative estimate of drug-likeness (QED) is 0.0363. The van der Waals surface area contributed by atoms with E-state index in [1.807, 2.05) is 0 Å². The maximum Gasteiger partial charge on any atom is 0.220 e. The molecule has 0 aromatic heterocycles. The van der Waals surface area contributed by atoms with Crippen LogP contribution in [0.5, 0.6) is 0 Å². The summed E-state index contributed by atoms with van der Waals surface area (Å²) in [5.41, 5.74) is 0. The van der Waals surface area contributed by atoms with Crippen molar-refractivity contribution in [1.29, 1.82) is 0 Å². The van der Waals surface area contributed by atoms with Crippen LogP contribution in [-0.4, -0.2) is 46.1 Å². The Kier molecular flexibility index (Phi) is 49.0. The summed E-state index contributed by atoms with van der Waals surface area (Å²) < 4.78 is 0. The molecule has 0 aromatic rings. The van der Waals surface area contributed by atoms with E-state index in [-0.39, 0.29) is 12.5 Å². The van der Waals surface area contributed by atoms with Gasteiger partial charge in [-0.3, -0.25) is 4.79 Å². The van der Waals surface area contributed by atoms with Gasteiger partial charge in [-0.1, -0.05) is 270 Å². The van der Waals surface area contributed by atoms with Crippen LogP contribution in [0.2, 0.25) is 0 Å². The van der Waals surface area contributed by atoms with Crippen LogP contribution in [0.15, 0.2) is 12.2 Å². The Balaban J connectivity index is 3.55. The maximum absolute atomic E-state index is 12.5. The van der Waals surface area contributed by atoms with E-state index in [1.54, 1.807) is 0 Å². The van der Waals surface area contributed by atoms with E-state index in [1.165, 1.54) is 238 Å². The zero-order chi connectivity index (χ0) is 43.0. The lowest BCUT2D eigenvalue weighted by atomic mass is 10.0. The van der Waals surface area contributed by atoms with Gasteiger partial charge in [0, 0.05) is 6.42 Å². The number of allylic oxidation sites excluding steroid dienone is 2. The van der Waals surface area contributed by atoms with Gasteiger partial charge in [0.1, 0.15) is 6.10 Å². The van der Waals surface area contributed by atoms with Crippen LogP contribution in [0.1, 0.15) is 303 Å². The lowest BCUT2D eigenvalue weighted by molar-refractivity contribution is -0.124. The molecule has 0 aliphatic rings. The molecule has 59 heavy (non-hydrogen) atoms. The first-order chi connectivity index (χ1) is 29.1. The molecule has 0 aromatic carbocycles. The first-order valence-electron chi connectivity index (χ1n) is 27.0. The van der Waals surface area contributed by atoms with Gasteiger partial charge in [0.15, 0.2) is 0 Å². The Labute approximate surface area is 369 Å². The van der Waals surface area contributed by atoms with E-state index in [0.29, 0.717) is 12.8 Å². The van der Waals surface area contributed by atoms with Gasteiger partial charge in [-0.15, -0.1) is 0 Å². The minimum Gasteiger partial charge on any atom is -0.394 e. The third kappa shape index (κ3) is 44.9. The molecule has 0 aliphatic carbocycles. The molecule has 0 rings (SSSR count). The van der Waals surface area contributed by atoms with Crippen LogP contribution in [-0.2, 0) is 4.79 Å². The monoisotopic (exact) mass is 834 g/mol. The molecular formula is C54H107NO4. The van der Waals surface area contributed by atoms with Gasteiger partial charge < -0.3 is 20.6 Å². The standard InChI is InChI=1S/C54H107NO4/c1-3-5-7-9-11-13-15-17-19-21-23-25-26-27-29-31-33-35-37-39-41-43-45-47-49-53(58)55-51(50-56)54(59)52(57)48-46-44-42-40-38-36-34-32-30-28-24-22-20-18-16-14-12-10-8-6-4-2/h40,42,51-52,54,56-57,59H,3-39,41,43-50H2,1-2H3,(H,55,58)/b42-40+. The third-order valence-corrected chi connectivity index (χ3v) is 12.9. The number of amides is 1. The van der Waals surface area contributed by atoms with Gasteiger partial charge in [-0.2, -0.15) is 0 Å². The molecule has 3 unspecified atom stereocenters. The topological polar surface area (TPSA) is 89.8 Å². The van der Waals surface area contributed by atoms with Crippen molar-refractivity contribution in [2.24, 2.45) is 0 Å². The normalized spacial score (nSPS) is 13.4. The highest BCUT2D eigenvalue weighted by Crippen LogP contribution is 2.18. The number of aliphatic hydroxyl groups excluding tert-OH is 3. The molecule has 0 bridgehead atoms. The van der Waals surface area contributed by atoms with Crippen molar-refractivity contribution in [2.45, 2.75) is 321 Å². The molecule has 0 aliphatic heterocycles. The summed E-state index contributed by atoms with van der Waals surface area (Å²) in [6, 6.07) is -0.822. The lowest BCUT2D eigenvalue weighted by Gasteiger charge is -2.26. The molecule has 0 radical (unpaired) electrons. The zero-order valence-corrected chi connectivity index (χ0v) is 40.2. The highest BCUT2D eigenvalue weighted by atomic mass is 16.3. The van der Waals surface area contributed by atoms with Gasteiger partial charge in [0.2, 0.25) is 5.91 Å². The van der Waals surface area contributed by atoms with Crippen LogP contribution in [0, 0.1) is 0 Å². The van der Waals surface area contributed by atoms with E-state index < -0.39 is 18.2 Å². The molecule has 0 saturated carbocycles. The summed E-state index contributed by atoms with van der Waals surface area (Å²) in [4.78, 5) is 12.5. The summed E-state index contributed by atoms with van der Waals surface area (Å²) >= 11 is 0. The smallest absolute Gasteiger partial charge is 0.220 e. The molecule has 0 fully saturated rings. The maximum atomic E-state index is 12.5. The largest absolute Gasteiger partial charge is 0.394 e. The minimum atomic E-state index is -1.16. The van der Waals surface area contributed by atoms with Crippen LogP contribution < -0.4 is 5.32 Å². The number of carbonyl (C=O) groups excluding carboxylic acids is 1. The molecular weight excluding hydrogens is 727 g/mol. The first kappa shape index (κ1) is 58.1. The van der Waals surface area contributed by atoms with Crippen molar-refractivity contribution < 1.29 is 20.1 Å². The number of hydrogen-bond donors (Lipinski definition) is 4. The number of unbranched alkanes of at least 4 members (excludes halogenated alkanes) is 40. The molecule has 5 heteroatoms. The summed E-state index contributed by atoms with van der Waals surface area (Å²) in [6.07, 6.45) is 60.7. The van der Waals surface area contributed by atoms with Crippen molar-refractivity contribution in [3.05, 3.63) is 12.2 Å². The van der Waals surface area contributed by atoms with Gasteiger partial charge in [-0.25, -0.2) is 0 Å². The molecule has 5 nitrogen and oxygen atoms in total. The van der Waals surface area contributed by atoms with Gasteiger partial charge in [0.05, 0.1) is 18.8 Å². The molecule has 3 atom stereocenters. The minimum absolute atomic E-state index is 0.147. The van der Waals surface area contributed by atoms with Crippen molar-refractivity contribution in [2.75, 3.05) is 6.61 Å². The Bertz CT molecular complexity index is 833. The number of carbonyl (C=O) groups is 1. The Morgan fingerprint density at radius 2 is 0.678 bits per heavy atom. The molecule has 4 N–H and O–H groups in total. The summed E-state index contributed by atoms with van der Waals surface area (Å²) in [5, 5.41) is 33.7. The van der Waals surface area contributed by atoms with Crippen molar-refractivity contribution in [3.8, 4) is 0 Å². The predicted octanol–water partition coefficient (Wildman–Crippen LogP) is 16.3. The Morgan fingerprint density at radius 3 is 0.983 bits per heavy atom. The molecule has 0 saturated heterocycles. The Morgan fingerprint density at radius 1 is 0.407 bits per heavy atom. The van der Waals surface area contributed by atoms with E-state index in [4.69, 9.17) is 0 Å². The van der Waals surface area contributed by atoms with E-state index in [9.17, 15) is 20.1 Å². The van der Waals surface area contributed by atoms with Gasteiger partial charge in [0.25, 0.3) is 0 Å². The van der Waals surface area contributed by atoms with Gasteiger partial charge in [-0.05, 0) is 38.5 Å². The van der Waals surface area contributed by atoms with Crippen LogP contribution in [0.25, 0.3) is 0 Å². The molecule has 1 amide bonds. The summed E-state index contributed by atoms with van der Waals surface area (Å²) in [7, 11) is 0. The van der Waals surface area contributed by atoms with Crippen LogP contribution in [0.4, 0.5) is 0 Å². The van der Waals surface area contributed by atoms with Gasteiger partial charge >= 0.3 is 0 Å². The highest BCUT2D eigenvalue weighted by molar-refractivity contribution is 5.76. The average molecular weight is 834 g/mol. The second kappa shape index (κ2) is 49.7. The second-order valence-electron chi connectivity index (χ2n) is 18.8. The lowest BCUT2D eigenvalue weighted by Crippen LogP contribution is -2.50. The Hall–Kier alpha value is -0.910. The van der Waals surface area contributed by atoms with Crippen LogP contribution >= 0.6 is 0 Å². The predicted molar refractivity (Wildman–Crippen MR) is 259 cm³/mol. The third-order valence-electron chi connectivity index (χ3n) is 12.9. The number of hydrogen-bond acceptors (Lipinski definition) is 4.